The maximum atomic E-state index is 11.7. The zero-order chi connectivity index (χ0) is 12.5. The number of H-pyrrole nitrogens is 1. The van der Waals surface area contributed by atoms with E-state index < -0.39 is 0 Å². The van der Waals surface area contributed by atoms with Gasteiger partial charge in [0.2, 0.25) is 0 Å². The van der Waals surface area contributed by atoms with Gasteiger partial charge in [-0.3, -0.25) is 4.79 Å². The SMILES string of the molecule is Cc1ccc(-c2n[nH]c(=O)c3c2C=CCN3)cc1. The molecule has 2 N–H and O–H groups in total. The van der Waals surface area contributed by atoms with Gasteiger partial charge in [0.25, 0.3) is 5.56 Å². The van der Waals surface area contributed by atoms with Crippen molar-refractivity contribution in [1.29, 1.82) is 0 Å². The predicted octanol–water partition coefficient (Wildman–Crippen LogP) is 2.18. The molecule has 0 aliphatic carbocycles. The van der Waals surface area contributed by atoms with Gasteiger partial charge in [0.1, 0.15) is 11.4 Å². The van der Waals surface area contributed by atoms with Crippen molar-refractivity contribution in [2.45, 2.75) is 6.92 Å². The van der Waals surface area contributed by atoms with Crippen LogP contribution in [-0.2, 0) is 0 Å². The molecule has 4 nitrogen and oxygen atoms in total. The topological polar surface area (TPSA) is 57.8 Å². The minimum atomic E-state index is -0.176. The van der Waals surface area contributed by atoms with E-state index in [1.54, 1.807) is 0 Å². The average molecular weight is 239 g/mol. The van der Waals surface area contributed by atoms with Crippen molar-refractivity contribution in [2.24, 2.45) is 0 Å². The lowest BCUT2D eigenvalue weighted by molar-refractivity contribution is 0.986. The molecule has 0 saturated carbocycles. The molecule has 1 aromatic heterocycles. The number of hydrogen-bond acceptors (Lipinski definition) is 3. The number of aromatic nitrogens is 2. The third-order valence-electron chi connectivity index (χ3n) is 3.03. The van der Waals surface area contributed by atoms with Gasteiger partial charge >= 0.3 is 0 Å². The maximum absolute atomic E-state index is 11.7. The Bertz CT molecular complexity index is 668. The van der Waals surface area contributed by atoms with E-state index in [1.807, 2.05) is 43.3 Å². The third kappa shape index (κ3) is 1.72. The first-order valence-corrected chi connectivity index (χ1v) is 5.86. The highest BCUT2D eigenvalue weighted by Gasteiger charge is 2.15. The van der Waals surface area contributed by atoms with Crippen LogP contribution in [0.1, 0.15) is 11.1 Å². The van der Waals surface area contributed by atoms with Crippen molar-refractivity contribution in [3.8, 4) is 11.3 Å². The summed E-state index contributed by atoms with van der Waals surface area (Å²) in [6, 6.07) is 8.10. The van der Waals surface area contributed by atoms with Gasteiger partial charge < -0.3 is 5.32 Å². The Kier molecular flexibility index (Phi) is 2.48. The predicted molar refractivity (Wildman–Crippen MR) is 72.6 cm³/mol. The van der Waals surface area contributed by atoms with Crippen LogP contribution in [-0.4, -0.2) is 16.7 Å². The van der Waals surface area contributed by atoms with Gasteiger partial charge in [-0.25, -0.2) is 5.10 Å². The fourth-order valence-corrected chi connectivity index (χ4v) is 2.07. The van der Waals surface area contributed by atoms with Crippen molar-refractivity contribution in [3.05, 3.63) is 51.8 Å². The maximum Gasteiger partial charge on any atom is 0.288 e. The van der Waals surface area contributed by atoms with Gasteiger partial charge in [-0.2, -0.15) is 5.10 Å². The van der Waals surface area contributed by atoms with E-state index in [9.17, 15) is 4.79 Å². The summed E-state index contributed by atoms with van der Waals surface area (Å²) in [6.07, 6.45) is 3.93. The number of anilines is 1. The second-order valence-electron chi connectivity index (χ2n) is 4.34. The number of fused-ring (bicyclic) bond motifs is 1. The molecule has 90 valence electrons. The first-order valence-electron chi connectivity index (χ1n) is 5.86. The van der Waals surface area contributed by atoms with E-state index in [-0.39, 0.29) is 5.56 Å². The van der Waals surface area contributed by atoms with Crippen molar-refractivity contribution in [1.82, 2.24) is 10.2 Å². The van der Waals surface area contributed by atoms with E-state index in [0.717, 1.165) is 16.8 Å². The molecule has 4 heteroatoms. The normalized spacial score (nSPS) is 12.9. The van der Waals surface area contributed by atoms with Gasteiger partial charge in [-0.15, -0.1) is 0 Å². The lowest BCUT2D eigenvalue weighted by Crippen LogP contribution is -2.20. The third-order valence-corrected chi connectivity index (χ3v) is 3.03. The Morgan fingerprint density at radius 3 is 2.78 bits per heavy atom. The van der Waals surface area contributed by atoms with Crippen molar-refractivity contribution >= 4 is 11.8 Å². The molecule has 1 aliphatic rings. The molecular formula is C14H13N3O. The van der Waals surface area contributed by atoms with Crippen molar-refractivity contribution < 1.29 is 0 Å². The molecule has 18 heavy (non-hydrogen) atoms. The van der Waals surface area contributed by atoms with Crippen LogP contribution < -0.4 is 10.9 Å². The van der Waals surface area contributed by atoms with Crippen LogP contribution in [0.15, 0.2) is 35.1 Å². The van der Waals surface area contributed by atoms with E-state index in [0.29, 0.717) is 12.2 Å². The van der Waals surface area contributed by atoms with Crippen LogP contribution in [0, 0.1) is 6.92 Å². The molecular weight excluding hydrogens is 226 g/mol. The van der Waals surface area contributed by atoms with Gasteiger partial charge in [-0.1, -0.05) is 42.0 Å². The molecule has 0 radical (unpaired) electrons. The smallest absolute Gasteiger partial charge is 0.288 e. The molecule has 0 fully saturated rings. The molecule has 1 aliphatic heterocycles. The van der Waals surface area contributed by atoms with E-state index >= 15 is 0 Å². The molecule has 0 atom stereocenters. The Morgan fingerprint density at radius 2 is 2.00 bits per heavy atom. The molecule has 3 rings (SSSR count). The van der Waals surface area contributed by atoms with Gasteiger partial charge in [0.05, 0.1) is 0 Å². The number of aromatic amines is 1. The first-order chi connectivity index (χ1) is 8.75. The number of benzene rings is 1. The minimum Gasteiger partial charge on any atom is -0.377 e. The van der Waals surface area contributed by atoms with Gasteiger partial charge in [0.15, 0.2) is 0 Å². The highest BCUT2D eigenvalue weighted by molar-refractivity contribution is 5.81. The first kappa shape index (κ1) is 10.8. The monoisotopic (exact) mass is 239 g/mol. The number of hydrogen-bond donors (Lipinski definition) is 2. The van der Waals surface area contributed by atoms with Crippen LogP contribution in [0.25, 0.3) is 17.3 Å². The van der Waals surface area contributed by atoms with Crippen LogP contribution >= 0.6 is 0 Å². The zero-order valence-electron chi connectivity index (χ0n) is 10.0. The summed E-state index contributed by atoms with van der Waals surface area (Å²) < 4.78 is 0. The summed E-state index contributed by atoms with van der Waals surface area (Å²) in [4.78, 5) is 11.7. The zero-order valence-corrected chi connectivity index (χ0v) is 10.0. The molecule has 1 aromatic carbocycles. The lowest BCUT2D eigenvalue weighted by atomic mass is 10.0. The summed E-state index contributed by atoms with van der Waals surface area (Å²) in [5.41, 5.74) is 4.28. The van der Waals surface area contributed by atoms with E-state index in [4.69, 9.17) is 0 Å². The fraction of sp³-hybridized carbons (Fsp3) is 0.143. The molecule has 0 bridgehead atoms. The fourth-order valence-electron chi connectivity index (χ4n) is 2.07. The van der Waals surface area contributed by atoms with Crippen LogP contribution in [0.5, 0.6) is 0 Å². The number of nitrogens with zero attached hydrogens (tertiary/aromatic N) is 1. The number of nitrogens with one attached hydrogen (secondary N) is 2. The molecule has 2 heterocycles. The second-order valence-corrected chi connectivity index (χ2v) is 4.34. The Labute approximate surface area is 104 Å². The Hall–Kier alpha value is -2.36. The minimum absolute atomic E-state index is 0.176. The van der Waals surface area contributed by atoms with Crippen LogP contribution in [0.4, 0.5) is 5.69 Å². The summed E-state index contributed by atoms with van der Waals surface area (Å²) in [6.45, 7) is 2.72. The van der Waals surface area contributed by atoms with Crippen LogP contribution in [0.2, 0.25) is 0 Å². The molecule has 0 saturated heterocycles. The Balaban J connectivity index is 2.22. The number of rotatable bonds is 1. The molecule has 0 spiro atoms. The summed E-state index contributed by atoms with van der Waals surface area (Å²) in [5, 5.41) is 9.78. The van der Waals surface area contributed by atoms with Crippen molar-refractivity contribution in [2.75, 3.05) is 11.9 Å². The molecule has 0 unspecified atom stereocenters. The molecule has 2 aromatic rings. The summed E-state index contributed by atoms with van der Waals surface area (Å²) in [7, 11) is 0. The summed E-state index contributed by atoms with van der Waals surface area (Å²) in [5.74, 6) is 0. The number of aryl methyl sites for hydroxylation is 1. The highest BCUT2D eigenvalue weighted by Crippen LogP contribution is 2.27. The Morgan fingerprint density at radius 1 is 1.22 bits per heavy atom. The lowest BCUT2D eigenvalue weighted by Gasteiger charge is -2.14. The quantitative estimate of drug-likeness (QED) is 0.802. The van der Waals surface area contributed by atoms with E-state index in [1.165, 1.54) is 5.56 Å². The van der Waals surface area contributed by atoms with E-state index in [2.05, 4.69) is 15.5 Å². The average Bonchev–Trinajstić information content (AvgIpc) is 2.41. The van der Waals surface area contributed by atoms with Gasteiger partial charge in [0, 0.05) is 17.7 Å². The largest absolute Gasteiger partial charge is 0.377 e. The highest BCUT2D eigenvalue weighted by atomic mass is 16.1. The van der Waals surface area contributed by atoms with Crippen molar-refractivity contribution in [3.63, 3.8) is 0 Å². The summed E-state index contributed by atoms with van der Waals surface area (Å²) >= 11 is 0. The van der Waals surface area contributed by atoms with Gasteiger partial charge in [-0.05, 0) is 6.92 Å². The molecule has 0 amide bonds. The van der Waals surface area contributed by atoms with Crippen LogP contribution in [0.3, 0.4) is 0 Å². The standard InChI is InChI=1S/C14H13N3O/c1-9-4-6-10(7-5-9)12-11-3-2-8-15-13(11)14(18)17-16-12/h2-7,15H,8H2,1H3,(H,17,18). The second kappa shape index (κ2) is 4.14.